The first-order valence-corrected chi connectivity index (χ1v) is 7.75. The fourth-order valence-corrected chi connectivity index (χ4v) is 3.43. The number of hydrogen-bond donors (Lipinski definition) is 1. The van der Waals surface area contributed by atoms with E-state index in [0.717, 1.165) is 42.8 Å². The Balaban J connectivity index is 1.83. The average molecular weight is 302 g/mol. The van der Waals surface area contributed by atoms with Crippen molar-refractivity contribution in [3.8, 4) is 5.75 Å². The number of amides is 2. The van der Waals surface area contributed by atoms with Crippen LogP contribution in [0.2, 0.25) is 0 Å². The molecule has 5 heteroatoms. The van der Waals surface area contributed by atoms with E-state index in [0.29, 0.717) is 13.0 Å². The van der Waals surface area contributed by atoms with Crippen LogP contribution in [0.4, 0.5) is 0 Å². The van der Waals surface area contributed by atoms with Crippen molar-refractivity contribution in [2.45, 2.75) is 32.7 Å². The molecule has 2 fully saturated rings. The summed E-state index contributed by atoms with van der Waals surface area (Å²) in [6.45, 7) is 3.95. The Morgan fingerprint density at radius 1 is 1.27 bits per heavy atom. The van der Waals surface area contributed by atoms with Crippen LogP contribution in [0.3, 0.4) is 0 Å². The van der Waals surface area contributed by atoms with E-state index in [1.165, 1.54) is 4.90 Å². The van der Waals surface area contributed by atoms with Crippen molar-refractivity contribution in [3.05, 3.63) is 29.3 Å². The van der Waals surface area contributed by atoms with Gasteiger partial charge in [0.15, 0.2) is 0 Å². The van der Waals surface area contributed by atoms with E-state index in [2.05, 4.69) is 5.32 Å². The molecule has 2 aliphatic rings. The van der Waals surface area contributed by atoms with Gasteiger partial charge in [-0.15, -0.1) is 0 Å². The highest BCUT2D eigenvalue weighted by Crippen LogP contribution is 2.41. The van der Waals surface area contributed by atoms with Gasteiger partial charge < -0.3 is 10.1 Å². The predicted molar refractivity (Wildman–Crippen MR) is 82.4 cm³/mol. The first-order chi connectivity index (χ1) is 10.6. The molecule has 2 heterocycles. The van der Waals surface area contributed by atoms with Gasteiger partial charge in [-0.1, -0.05) is 6.07 Å². The van der Waals surface area contributed by atoms with Crippen molar-refractivity contribution >= 4 is 11.8 Å². The summed E-state index contributed by atoms with van der Waals surface area (Å²) >= 11 is 0. The number of methoxy groups -OCH3 is 1. The Bertz CT molecular complexity index is 606. The standard InChI is InChI=1S/C17H22N2O3/c1-12-3-4-14(22-2)9-13(12)11-19-15(20)10-17(16(19)21)5-7-18-8-6-17/h3-4,9,18H,5-8,10-11H2,1-2H3. The summed E-state index contributed by atoms with van der Waals surface area (Å²) in [5.74, 6) is 0.701. The number of benzene rings is 1. The van der Waals surface area contributed by atoms with Crippen LogP contribution in [-0.2, 0) is 16.1 Å². The molecule has 1 spiro atoms. The number of carbonyl (C=O) groups is 2. The lowest BCUT2D eigenvalue weighted by atomic mass is 9.77. The van der Waals surface area contributed by atoms with E-state index in [1.54, 1.807) is 7.11 Å². The first-order valence-electron chi connectivity index (χ1n) is 7.75. The van der Waals surface area contributed by atoms with Crippen molar-refractivity contribution < 1.29 is 14.3 Å². The normalized spacial score (nSPS) is 20.7. The van der Waals surface area contributed by atoms with Gasteiger partial charge in [0.2, 0.25) is 11.8 Å². The lowest BCUT2D eigenvalue weighted by Gasteiger charge is -2.31. The summed E-state index contributed by atoms with van der Waals surface area (Å²) in [6.07, 6.45) is 1.87. The maximum absolute atomic E-state index is 12.8. The summed E-state index contributed by atoms with van der Waals surface area (Å²) in [5, 5.41) is 3.26. The Labute approximate surface area is 130 Å². The number of hydrogen-bond acceptors (Lipinski definition) is 4. The molecule has 22 heavy (non-hydrogen) atoms. The zero-order valence-electron chi connectivity index (χ0n) is 13.1. The number of nitrogens with zero attached hydrogens (tertiary/aromatic N) is 1. The molecule has 118 valence electrons. The topological polar surface area (TPSA) is 58.6 Å². The summed E-state index contributed by atoms with van der Waals surface area (Å²) in [4.78, 5) is 26.6. The third kappa shape index (κ3) is 2.50. The van der Waals surface area contributed by atoms with Gasteiger partial charge in [-0.2, -0.15) is 0 Å². The minimum atomic E-state index is -0.463. The highest BCUT2D eigenvalue weighted by Gasteiger charge is 2.51. The number of nitrogens with one attached hydrogen (secondary N) is 1. The average Bonchev–Trinajstić information content (AvgIpc) is 2.74. The lowest BCUT2D eigenvalue weighted by Crippen LogP contribution is -2.42. The molecule has 3 rings (SSSR count). The maximum Gasteiger partial charge on any atom is 0.236 e. The van der Waals surface area contributed by atoms with Crippen LogP contribution in [0, 0.1) is 12.3 Å². The number of carbonyl (C=O) groups excluding carboxylic acids is 2. The number of aryl methyl sites for hydroxylation is 1. The van der Waals surface area contributed by atoms with E-state index in [4.69, 9.17) is 4.74 Å². The van der Waals surface area contributed by atoms with Gasteiger partial charge in [0.1, 0.15) is 5.75 Å². The van der Waals surface area contributed by atoms with E-state index in [9.17, 15) is 9.59 Å². The molecule has 2 saturated heterocycles. The van der Waals surface area contributed by atoms with Crippen LogP contribution in [-0.4, -0.2) is 36.9 Å². The lowest BCUT2D eigenvalue weighted by molar-refractivity contribution is -0.142. The van der Waals surface area contributed by atoms with Gasteiger partial charge in [-0.05, 0) is 56.1 Å². The van der Waals surface area contributed by atoms with E-state index in [1.807, 2.05) is 25.1 Å². The molecule has 0 aliphatic carbocycles. The van der Waals surface area contributed by atoms with Crippen LogP contribution < -0.4 is 10.1 Å². The van der Waals surface area contributed by atoms with Crippen molar-refractivity contribution in [2.75, 3.05) is 20.2 Å². The van der Waals surface area contributed by atoms with Gasteiger partial charge >= 0.3 is 0 Å². The van der Waals surface area contributed by atoms with Crippen LogP contribution in [0.1, 0.15) is 30.4 Å². The molecule has 1 aromatic carbocycles. The second kappa shape index (κ2) is 5.72. The predicted octanol–water partition coefficient (Wildman–Crippen LogP) is 1.63. The second-order valence-electron chi connectivity index (χ2n) is 6.28. The van der Waals surface area contributed by atoms with Crippen LogP contribution in [0.25, 0.3) is 0 Å². The summed E-state index contributed by atoms with van der Waals surface area (Å²) < 4.78 is 5.24. The first kappa shape index (κ1) is 15.0. The van der Waals surface area contributed by atoms with E-state index in [-0.39, 0.29) is 11.8 Å². The summed E-state index contributed by atoms with van der Waals surface area (Å²) in [5.41, 5.74) is 1.56. The Morgan fingerprint density at radius 3 is 2.68 bits per heavy atom. The molecular formula is C17H22N2O3. The molecule has 1 N–H and O–H groups in total. The van der Waals surface area contributed by atoms with Crippen molar-refractivity contribution in [3.63, 3.8) is 0 Å². The molecule has 0 bridgehead atoms. The highest BCUT2D eigenvalue weighted by molar-refractivity contribution is 6.05. The molecule has 0 unspecified atom stereocenters. The minimum absolute atomic E-state index is 0.00113. The molecule has 1 aromatic rings. The zero-order chi connectivity index (χ0) is 15.7. The maximum atomic E-state index is 12.8. The quantitative estimate of drug-likeness (QED) is 0.862. The number of imide groups is 1. The number of likely N-dealkylation sites (tertiary alicyclic amines) is 1. The van der Waals surface area contributed by atoms with Gasteiger partial charge in [-0.25, -0.2) is 0 Å². The van der Waals surface area contributed by atoms with Crippen LogP contribution in [0.15, 0.2) is 18.2 Å². The molecular weight excluding hydrogens is 280 g/mol. The third-order valence-electron chi connectivity index (χ3n) is 4.93. The van der Waals surface area contributed by atoms with E-state index >= 15 is 0 Å². The molecule has 0 atom stereocenters. The molecule has 0 saturated carbocycles. The van der Waals surface area contributed by atoms with Gasteiger partial charge in [0.05, 0.1) is 19.1 Å². The van der Waals surface area contributed by atoms with Crippen molar-refractivity contribution in [1.29, 1.82) is 0 Å². The molecule has 5 nitrogen and oxygen atoms in total. The molecule has 0 aromatic heterocycles. The fraction of sp³-hybridized carbons (Fsp3) is 0.529. The number of rotatable bonds is 3. The number of piperidine rings is 1. The largest absolute Gasteiger partial charge is 0.497 e. The monoisotopic (exact) mass is 302 g/mol. The van der Waals surface area contributed by atoms with E-state index < -0.39 is 5.41 Å². The fourth-order valence-electron chi connectivity index (χ4n) is 3.43. The van der Waals surface area contributed by atoms with Crippen molar-refractivity contribution in [1.82, 2.24) is 10.2 Å². The van der Waals surface area contributed by atoms with Gasteiger partial charge in [0.25, 0.3) is 0 Å². The Morgan fingerprint density at radius 2 is 2.00 bits per heavy atom. The molecule has 2 amide bonds. The minimum Gasteiger partial charge on any atom is -0.497 e. The third-order valence-corrected chi connectivity index (χ3v) is 4.93. The summed E-state index contributed by atoms with van der Waals surface area (Å²) in [6, 6.07) is 5.75. The SMILES string of the molecule is COc1ccc(C)c(CN2C(=O)CC3(CCNCC3)C2=O)c1. The van der Waals surface area contributed by atoms with Crippen LogP contribution >= 0.6 is 0 Å². The zero-order valence-corrected chi connectivity index (χ0v) is 13.1. The summed E-state index contributed by atoms with van der Waals surface area (Å²) in [7, 11) is 1.62. The van der Waals surface area contributed by atoms with Crippen molar-refractivity contribution in [2.24, 2.45) is 5.41 Å². The molecule has 2 aliphatic heterocycles. The van der Waals surface area contributed by atoms with Gasteiger partial charge in [0, 0.05) is 6.42 Å². The van der Waals surface area contributed by atoms with Gasteiger partial charge in [-0.3, -0.25) is 14.5 Å². The Kier molecular flexibility index (Phi) is 3.91. The number of ether oxygens (including phenoxy) is 1. The Hall–Kier alpha value is -1.88. The molecule has 0 radical (unpaired) electrons. The van der Waals surface area contributed by atoms with Crippen LogP contribution in [0.5, 0.6) is 5.75 Å². The smallest absolute Gasteiger partial charge is 0.236 e. The highest BCUT2D eigenvalue weighted by atomic mass is 16.5. The second-order valence-corrected chi connectivity index (χ2v) is 6.28.